The molecule has 1 amide bonds. The van der Waals surface area contributed by atoms with Gasteiger partial charge < -0.3 is 11.1 Å². The predicted octanol–water partition coefficient (Wildman–Crippen LogP) is 0.467. The highest BCUT2D eigenvalue weighted by atomic mass is 16.1. The smallest absolute Gasteiger partial charge is 0.234 e. The summed E-state index contributed by atoms with van der Waals surface area (Å²) in [6.45, 7) is 0.108. The average molecular weight is 225 g/mol. The molecular formula is C12H23N3O. The Morgan fingerprint density at radius 3 is 2.62 bits per heavy atom. The summed E-state index contributed by atoms with van der Waals surface area (Å²) in [7, 11) is 2.20. The van der Waals surface area contributed by atoms with Crippen molar-refractivity contribution in [2.45, 2.75) is 56.7 Å². The minimum Gasteiger partial charge on any atom is -0.351 e. The zero-order valence-electron chi connectivity index (χ0n) is 10.1. The molecule has 0 aromatic rings. The molecule has 4 nitrogen and oxygen atoms in total. The molecule has 0 aromatic carbocycles. The highest BCUT2D eigenvalue weighted by Crippen LogP contribution is 2.32. The number of likely N-dealkylation sites (N-methyl/N-ethyl adjacent to an activating group) is 1. The summed E-state index contributed by atoms with van der Waals surface area (Å²) in [5.41, 5.74) is 5.36. The zero-order valence-corrected chi connectivity index (χ0v) is 10.1. The van der Waals surface area contributed by atoms with Crippen molar-refractivity contribution in [2.24, 2.45) is 5.73 Å². The summed E-state index contributed by atoms with van der Waals surface area (Å²) in [6, 6.07) is 1.60. The van der Waals surface area contributed by atoms with E-state index in [1.54, 1.807) is 0 Å². The molecule has 0 aliphatic heterocycles. The summed E-state index contributed by atoms with van der Waals surface area (Å²) in [5.74, 6) is -0.0129. The molecule has 0 heterocycles. The Hall–Kier alpha value is -0.610. The largest absolute Gasteiger partial charge is 0.351 e. The zero-order chi connectivity index (χ0) is 11.5. The van der Waals surface area contributed by atoms with Crippen LogP contribution in [0.5, 0.6) is 0 Å². The van der Waals surface area contributed by atoms with Crippen molar-refractivity contribution in [1.82, 2.24) is 10.2 Å². The van der Waals surface area contributed by atoms with Gasteiger partial charge >= 0.3 is 0 Å². The van der Waals surface area contributed by atoms with Gasteiger partial charge in [-0.1, -0.05) is 12.8 Å². The summed E-state index contributed by atoms with van der Waals surface area (Å²) in [5, 5.41) is 3.08. The third kappa shape index (κ3) is 2.74. The maximum atomic E-state index is 11.4. The van der Waals surface area contributed by atoms with Crippen LogP contribution in [0.3, 0.4) is 0 Å². The van der Waals surface area contributed by atoms with Crippen LogP contribution in [0.4, 0.5) is 0 Å². The van der Waals surface area contributed by atoms with Crippen molar-refractivity contribution in [2.75, 3.05) is 13.6 Å². The molecule has 0 spiro atoms. The highest BCUT2D eigenvalue weighted by Gasteiger charge is 2.36. The van der Waals surface area contributed by atoms with Crippen LogP contribution in [0.25, 0.3) is 0 Å². The van der Waals surface area contributed by atoms with E-state index in [4.69, 9.17) is 5.73 Å². The summed E-state index contributed by atoms with van der Waals surface area (Å²) in [6.07, 6.45) is 7.48. The second kappa shape index (κ2) is 5.15. The number of nitrogens with zero attached hydrogens (tertiary/aromatic N) is 1. The molecule has 2 saturated carbocycles. The number of hydrogen-bond acceptors (Lipinski definition) is 3. The summed E-state index contributed by atoms with van der Waals surface area (Å²) < 4.78 is 0. The lowest BCUT2D eigenvalue weighted by Crippen LogP contribution is -2.53. The molecule has 2 aliphatic carbocycles. The lowest BCUT2D eigenvalue weighted by atomic mass is 9.89. The van der Waals surface area contributed by atoms with Crippen LogP contribution in [0.1, 0.15) is 38.5 Å². The number of nitrogens with one attached hydrogen (secondary N) is 1. The first kappa shape index (κ1) is 11.9. The fraction of sp³-hybridized carbons (Fsp3) is 0.917. The molecule has 0 unspecified atom stereocenters. The molecule has 2 fully saturated rings. The average Bonchev–Trinajstić information content (AvgIpc) is 3.12. The Labute approximate surface area is 97.6 Å². The highest BCUT2D eigenvalue weighted by molar-refractivity contribution is 5.78. The van der Waals surface area contributed by atoms with Gasteiger partial charge in [0.2, 0.25) is 5.91 Å². The molecule has 0 bridgehead atoms. The standard InChI is InChI=1S/C12H23N3O/c1-15(9-6-7-9)11-5-3-2-4-10(11)14-12(16)8-13/h9-11H,2-8,13H2,1H3,(H,14,16)/t10-,11-/m0/s1. The third-order valence-corrected chi connectivity index (χ3v) is 3.91. The Kier molecular flexibility index (Phi) is 3.82. The van der Waals surface area contributed by atoms with Crippen molar-refractivity contribution in [3.8, 4) is 0 Å². The Morgan fingerprint density at radius 2 is 2.00 bits per heavy atom. The monoisotopic (exact) mass is 225 g/mol. The normalized spacial score (nSPS) is 30.4. The third-order valence-electron chi connectivity index (χ3n) is 3.91. The molecule has 2 aliphatic rings. The van der Waals surface area contributed by atoms with Gasteiger partial charge in [-0.3, -0.25) is 9.69 Å². The van der Waals surface area contributed by atoms with Gasteiger partial charge in [-0.25, -0.2) is 0 Å². The van der Waals surface area contributed by atoms with Crippen LogP contribution in [-0.2, 0) is 4.79 Å². The lowest BCUT2D eigenvalue weighted by Gasteiger charge is -2.38. The predicted molar refractivity (Wildman–Crippen MR) is 64.0 cm³/mol. The lowest BCUT2D eigenvalue weighted by molar-refractivity contribution is -0.121. The second-order valence-electron chi connectivity index (χ2n) is 5.13. The van der Waals surface area contributed by atoms with E-state index in [1.165, 1.54) is 32.1 Å². The number of amides is 1. The molecule has 2 rings (SSSR count). The van der Waals surface area contributed by atoms with Gasteiger partial charge in [0.25, 0.3) is 0 Å². The molecule has 3 N–H and O–H groups in total. The van der Waals surface area contributed by atoms with Gasteiger partial charge in [0.1, 0.15) is 0 Å². The Morgan fingerprint density at radius 1 is 1.31 bits per heavy atom. The molecule has 0 radical (unpaired) electrons. The first-order valence-corrected chi connectivity index (χ1v) is 6.43. The van der Waals surface area contributed by atoms with Gasteiger partial charge in [0.15, 0.2) is 0 Å². The topological polar surface area (TPSA) is 58.4 Å². The minimum atomic E-state index is -0.0129. The van der Waals surface area contributed by atoms with E-state index >= 15 is 0 Å². The SMILES string of the molecule is CN(C1CC1)[C@H]1CCCC[C@@H]1NC(=O)CN. The number of hydrogen-bond donors (Lipinski definition) is 2. The van der Waals surface area contributed by atoms with Gasteiger partial charge in [-0.05, 0) is 32.7 Å². The molecular weight excluding hydrogens is 202 g/mol. The van der Waals surface area contributed by atoms with E-state index in [0.29, 0.717) is 12.1 Å². The molecule has 0 saturated heterocycles. The van der Waals surface area contributed by atoms with Crippen LogP contribution in [0.15, 0.2) is 0 Å². The first-order chi connectivity index (χ1) is 7.72. The van der Waals surface area contributed by atoms with Gasteiger partial charge in [-0.2, -0.15) is 0 Å². The van der Waals surface area contributed by atoms with Gasteiger partial charge in [-0.15, -0.1) is 0 Å². The summed E-state index contributed by atoms with van der Waals surface area (Å²) in [4.78, 5) is 13.9. The van der Waals surface area contributed by atoms with Crippen molar-refractivity contribution < 1.29 is 4.79 Å². The number of nitrogens with two attached hydrogens (primary N) is 1. The quantitative estimate of drug-likeness (QED) is 0.731. The van der Waals surface area contributed by atoms with E-state index in [0.717, 1.165) is 12.5 Å². The van der Waals surface area contributed by atoms with Crippen molar-refractivity contribution in [3.63, 3.8) is 0 Å². The van der Waals surface area contributed by atoms with Crippen LogP contribution >= 0.6 is 0 Å². The van der Waals surface area contributed by atoms with Crippen LogP contribution < -0.4 is 11.1 Å². The molecule has 16 heavy (non-hydrogen) atoms. The number of rotatable bonds is 4. The Balaban J connectivity index is 1.92. The van der Waals surface area contributed by atoms with Crippen molar-refractivity contribution in [3.05, 3.63) is 0 Å². The second-order valence-corrected chi connectivity index (χ2v) is 5.13. The maximum absolute atomic E-state index is 11.4. The van der Waals surface area contributed by atoms with Crippen LogP contribution in [0.2, 0.25) is 0 Å². The molecule has 4 heteroatoms. The van der Waals surface area contributed by atoms with Crippen molar-refractivity contribution >= 4 is 5.91 Å². The first-order valence-electron chi connectivity index (χ1n) is 6.43. The van der Waals surface area contributed by atoms with Crippen molar-refractivity contribution in [1.29, 1.82) is 0 Å². The summed E-state index contributed by atoms with van der Waals surface area (Å²) >= 11 is 0. The Bertz CT molecular complexity index is 253. The number of carbonyl (C=O) groups is 1. The van der Waals surface area contributed by atoms with Crippen LogP contribution in [-0.4, -0.2) is 42.5 Å². The minimum absolute atomic E-state index is 0.0129. The van der Waals surface area contributed by atoms with Gasteiger partial charge in [0, 0.05) is 18.1 Å². The molecule has 92 valence electrons. The van der Waals surface area contributed by atoms with Crippen LogP contribution in [0, 0.1) is 0 Å². The molecule has 0 aromatic heterocycles. The van der Waals surface area contributed by atoms with E-state index < -0.39 is 0 Å². The maximum Gasteiger partial charge on any atom is 0.234 e. The van der Waals surface area contributed by atoms with E-state index in [9.17, 15) is 4.79 Å². The molecule has 2 atom stereocenters. The fourth-order valence-corrected chi connectivity index (χ4v) is 2.79. The van der Waals surface area contributed by atoms with E-state index in [2.05, 4.69) is 17.3 Å². The van der Waals surface area contributed by atoms with Gasteiger partial charge in [0.05, 0.1) is 6.54 Å². The van der Waals surface area contributed by atoms with E-state index in [1.807, 2.05) is 0 Å². The van der Waals surface area contributed by atoms with E-state index in [-0.39, 0.29) is 12.5 Å². The number of carbonyl (C=O) groups excluding carboxylic acids is 1. The fourth-order valence-electron chi connectivity index (χ4n) is 2.79.